The summed E-state index contributed by atoms with van der Waals surface area (Å²) < 4.78 is 1.08. The molecule has 1 aromatic carbocycles. The fourth-order valence-corrected chi connectivity index (χ4v) is 5.00. The van der Waals surface area contributed by atoms with Crippen molar-refractivity contribution in [1.29, 1.82) is 0 Å². The van der Waals surface area contributed by atoms with Gasteiger partial charge < -0.3 is 5.32 Å². The summed E-state index contributed by atoms with van der Waals surface area (Å²) in [5.74, 6) is 0.0424. The van der Waals surface area contributed by atoms with E-state index in [9.17, 15) is 4.79 Å². The van der Waals surface area contributed by atoms with Crippen molar-refractivity contribution in [3.63, 3.8) is 0 Å². The van der Waals surface area contributed by atoms with Crippen LogP contribution in [0.2, 0.25) is 0 Å². The number of rotatable bonds is 4. The molecule has 1 N–H and O–H groups in total. The summed E-state index contributed by atoms with van der Waals surface area (Å²) in [5.41, 5.74) is 3.54. The lowest BCUT2D eigenvalue weighted by molar-refractivity contribution is 0.0920. The number of hydrogen-bond donors (Lipinski definition) is 1. The van der Waals surface area contributed by atoms with Crippen molar-refractivity contribution in [2.24, 2.45) is 0 Å². The second kappa shape index (κ2) is 7.19. The van der Waals surface area contributed by atoms with Crippen LogP contribution in [0.4, 0.5) is 0 Å². The van der Waals surface area contributed by atoms with Gasteiger partial charge >= 0.3 is 0 Å². The Morgan fingerprint density at radius 1 is 1.21 bits per heavy atom. The van der Waals surface area contributed by atoms with Gasteiger partial charge in [-0.15, -0.1) is 11.3 Å². The minimum Gasteiger partial charge on any atom is -0.350 e. The maximum atomic E-state index is 12.5. The van der Waals surface area contributed by atoms with Crippen LogP contribution in [0, 0.1) is 0 Å². The molecule has 2 heterocycles. The fourth-order valence-electron chi connectivity index (χ4n) is 4.28. The van der Waals surface area contributed by atoms with Gasteiger partial charge in [0.25, 0.3) is 5.91 Å². The average molecular weight is 343 g/mol. The minimum atomic E-state index is 0.0424. The van der Waals surface area contributed by atoms with Crippen LogP contribution in [0.5, 0.6) is 0 Å². The van der Waals surface area contributed by atoms with Gasteiger partial charge in [-0.05, 0) is 50.4 Å². The molecule has 2 aromatic rings. The highest BCUT2D eigenvalue weighted by Crippen LogP contribution is 2.29. The zero-order valence-electron chi connectivity index (χ0n) is 14.0. The van der Waals surface area contributed by atoms with Gasteiger partial charge in [0.2, 0.25) is 0 Å². The maximum absolute atomic E-state index is 12.5. The number of fused-ring (bicyclic) bond motifs is 1. The quantitative estimate of drug-likeness (QED) is 0.918. The molecule has 1 saturated carbocycles. The number of hydrogen-bond acceptors (Lipinski definition) is 4. The Hall–Kier alpha value is -1.46. The van der Waals surface area contributed by atoms with Crippen molar-refractivity contribution in [1.82, 2.24) is 15.2 Å². The third kappa shape index (κ3) is 3.33. The van der Waals surface area contributed by atoms with E-state index in [4.69, 9.17) is 0 Å². The van der Waals surface area contributed by atoms with Gasteiger partial charge in [0.15, 0.2) is 0 Å². The summed E-state index contributed by atoms with van der Waals surface area (Å²) in [5, 5.41) is 3.17. The SMILES string of the molecule is O=C(NC[C@H]1CCCN1C1CCCCC1)c1ccc2ncsc2c1. The Bertz CT molecular complexity index is 707. The lowest BCUT2D eigenvalue weighted by Crippen LogP contribution is -2.45. The molecular formula is C19H25N3OS. The number of nitrogens with one attached hydrogen (secondary N) is 1. The topological polar surface area (TPSA) is 45.2 Å². The van der Waals surface area contributed by atoms with Gasteiger partial charge in [-0.2, -0.15) is 0 Å². The van der Waals surface area contributed by atoms with E-state index in [2.05, 4.69) is 15.2 Å². The third-order valence-electron chi connectivity index (χ3n) is 5.56. The normalized spacial score (nSPS) is 22.9. The van der Waals surface area contributed by atoms with Crippen LogP contribution < -0.4 is 5.32 Å². The molecule has 0 radical (unpaired) electrons. The van der Waals surface area contributed by atoms with E-state index in [1.165, 1.54) is 51.5 Å². The molecule has 4 rings (SSSR count). The van der Waals surface area contributed by atoms with Crippen LogP contribution in [0.25, 0.3) is 10.2 Å². The molecule has 0 bridgehead atoms. The Morgan fingerprint density at radius 2 is 2.08 bits per heavy atom. The highest BCUT2D eigenvalue weighted by molar-refractivity contribution is 7.16. The molecule has 128 valence electrons. The van der Waals surface area contributed by atoms with Crippen molar-refractivity contribution >= 4 is 27.5 Å². The van der Waals surface area contributed by atoms with Crippen LogP contribution in [0.15, 0.2) is 23.7 Å². The Morgan fingerprint density at radius 3 is 2.96 bits per heavy atom. The fraction of sp³-hybridized carbons (Fsp3) is 0.579. The predicted octanol–water partition coefficient (Wildman–Crippen LogP) is 3.82. The second-order valence-corrected chi connectivity index (χ2v) is 7.96. The third-order valence-corrected chi connectivity index (χ3v) is 6.35. The molecule has 24 heavy (non-hydrogen) atoms. The Labute approximate surface area is 147 Å². The van der Waals surface area contributed by atoms with E-state index in [-0.39, 0.29) is 5.91 Å². The van der Waals surface area contributed by atoms with Gasteiger partial charge in [0.05, 0.1) is 15.7 Å². The van der Waals surface area contributed by atoms with E-state index in [0.29, 0.717) is 6.04 Å². The monoisotopic (exact) mass is 343 g/mol. The number of nitrogens with zero attached hydrogens (tertiary/aromatic N) is 2. The summed E-state index contributed by atoms with van der Waals surface area (Å²) >= 11 is 1.58. The van der Waals surface area contributed by atoms with E-state index >= 15 is 0 Å². The summed E-state index contributed by atoms with van der Waals surface area (Å²) in [6.07, 6.45) is 9.30. The highest BCUT2D eigenvalue weighted by atomic mass is 32.1. The number of thiazole rings is 1. The standard InChI is InChI=1S/C19H25N3OS/c23-19(14-8-9-17-18(11-14)24-13-21-17)20-12-16-7-4-10-22(16)15-5-2-1-3-6-15/h8-9,11,13,15-16H,1-7,10,12H2,(H,20,23)/t16-/m1/s1. The first-order valence-corrected chi connectivity index (χ1v) is 10.1. The predicted molar refractivity (Wildman–Crippen MR) is 98.6 cm³/mol. The number of likely N-dealkylation sites (tertiary alicyclic amines) is 1. The lowest BCUT2D eigenvalue weighted by atomic mass is 9.94. The van der Waals surface area contributed by atoms with Crippen molar-refractivity contribution < 1.29 is 4.79 Å². The zero-order valence-corrected chi connectivity index (χ0v) is 14.9. The van der Waals surface area contributed by atoms with Crippen LogP contribution >= 0.6 is 11.3 Å². The Kier molecular flexibility index (Phi) is 4.81. The molecule has 5 heteroatoms. The van der Waals surface area contributed by atoms with Gasteiger partial charge in [-0.1, -0.05) is 19.3 Å². The van der Waals surface area contributed by atoms with Crippen LogP contribution in [0.1, 0.15) is 55.3 Å². The molecule has 1 aromatic heterocycles. The van der Waals surface area contributed by atoms with Crippen LogP contribution in [0.3, 0.4) is 0 Å². The van der Waals surface area contributed by atoms with Crippen molar-refractivity contribution in [3.8, 4) is 0 Å². The van der Waals surface area contributed by atoms with Gasteiger partial charge in [-0.3, -0.25) is 9.69 Å². The zero-order chi connectivity index (χ0) is 16.4. The number of carbonyl (C=O) groups is 1. The summed E-state index contributed by atoms with van der Waals surface area (Å²) in [7, 11) is 0. The van der Waals surface area contributed by atoms with Crippen molar-refractivity contribution in [2.75, 3.05) is 13.1 Å². The van der Waals surface area contributed by atoms with Gasteiger partial charge in [-0.25, -0.2) is 4.98 Å². The van der Waals surface area contributed by atoms with Gasteiger partial charge in [0, 0.05) is 24.2 Å². The maximum Gasteiger partial charge on any atom is 0.251 e. The molecule has 1 amide bonds. The summed E-state index contributed by atoms with van der Waals surface area (Å²) in [4.78, 5) is 19.4. The first kappa shape index (κ1) is 16.0. The molecule has 4 nitrogen and oxygen atoms in total. The first-order valence-electron chi connectivity index (χ1n) is 9.18. The minimum absolute atomic E-state index is 0.0424. The summed E-state index contributed by atoms with van der Waals surface area (Å²) in [6, 6.07) is 7.03. The summed E-state index contributed by atoms with van der Waals surface area (Å²) in [6.45, 7) is 1.98. The molecule has 1 atom stereocenters. The molecule has 2 fully saturated rings. The second-order valence-electron chi connectivity index (χ2n) is 7.07. The van der Waals surface area contributed by atoms with Crippen molar-refractivity contribution in [3.05, 3.63) is 29.3 Å². The van der Waals surface area contributed by atoms with E-state index in [1.807, 2.05) is 23.7 Å². The van der Waals surface area contributed by atoms with E-state index in [1.54, 1.807) is 11.3 Å². The molecule has 0 unspecified atom stereocenters. The molecule has 2 aliphatic rings. The molecule has 1 aliphatic heterocycles. The molecular weight excluding hydrogens is 318 g/mol. The number of aromatic nitrogens is 1. The Balaban J connectivity index is 1.37. The number of benzene rings is 1. The largest absolute Gasteiger partial charge is 0.350 e. The van der Waals surface area contributed by atoms with Crippen LogP contribution in [-0.4, -0.2) is 41.0 Å². The highest BCUT2D eigenvalue weighted by Gasteiger charge is 2.31. The molecule has 1 aliphatic carbocycles. The smallest absolute Gasteiger partial charge is 0.251 e. The van der Waals surface area contributed by atoms with E-state index in [0.717, 1.165) is 28.4 Å². The molecule has 0 spiro atoms. The van der Waals surface area contributed by atoms with Gasteiger partial charge in [0.1, 0.15) is 0 Å². The average Bonchev–Trinajstić information content (AvgIpc) is 3.28. The van der Waals surface area contributed by atoms with Crippen molar-refractivity contribution in [2.45, 2.75) is 57.0 Å². The first-order chi connectivity index (χ1) is 11.8. The molecule has 1 saturated heterocycles. The van der Waals surface area contributed by atoms with E-state index < -0.39 is 0 Å². The lowest BCUT2D eigenvalue weighted by Gasteiger charge is -2.35. The number of amides is 1. The van der Waals surface area contributed by atoms with Crippen LogP contribution in [-0.2, 0) is 0 Å². The number of carbonyl (C=O) groups excluding carboxylic acids is 1.